The van der Waals surface area contributed by atoms with Crippen LogP contribution in [0.5, 0.6) is 0 Å². The number of benzene rings is 1. The van der Waals surface area contributed by atoms with Gasteiger partial charge in [-0.05, 0) is 12.1 Å². The van der Waals surface area contributed by atoms with Crippen molar-refractivity contribution in [2.24, 2.45) is 5.73 Å². The van der Waals surface area contributed by atoms with Crippen LogP contribution in [0.4, 0.5) is 8.78 Å². The van der Waals surface area contributed by atoms with Gasteiger partial charge >= 0.3 is 0 Å². The molecule has 0 aliphatic carbocycles. The van der Waals surface area contributed by atoms with E-state index < -0.39 is 40.6 Å². The summed E-state index contributed by atoms with van der Waals surface area (Å²) in [6, 6.07) is 1.26. The molecule has 0 fully saturated rings. The van der Waals surface area contributed by atoms with Crippen molar-refractivity contribution in [1.29, 1.82) is 0 Å². The molecule has 92 valence electrons. The first kappa shape index (κ1) is 13.3. The van der Waals surface area contributed by atoms with Gasteiger partial charge in [0.2, 0.25) is 5.91 Å². The van der Waals surface area contributed by atoms with E-state index in [1.165, 1.54) is 0 Å². The molecule has 0 aliphatic heterocycles. The number of primary amides is 1. The molecule has 0 spiro atoms. The first-order valence-corrected chi connectivity index (χ1v) is 4.64. The average molecular weight is 265 g/mol. The van der Waals surface area contributed by atoms with Gasteiger partial charge in [-0.15, -0.1) is 0 Å². The van der Waals surface area contributed by atoms with E-state index in [0.29, 0.717) is 12.1 Å². The maximum Gasteiger partial charge on any atom is 0.277 e. The van der Waals surface area contributed by atoms with E-state index >= 15 is 0 Å². The van der Waals surface area contributed by atoms with Crippen LogP contribution < -0.4 is 11.2 Å². The molecule has 0 aromatic heterocycles. The smallest absolute Gasteiger partial charge is 0.277 e. The summed E-state index contributed by atoms with van der Waals surface area (Å²) in [6.45, 7) is -0.580. The van der Waals surface area contributed by atoms with Crippen LogP contribution in [-0.2, 0) is 9.63 Å². The van der Waals surface area contributed by atoms with E-state index in [1.54, 1.807) is 5.48 Å². The lowest BCUT2D eigenvalue weighted by Crippen LogP contribution is -2.30. The first-order chi connectivity index (χ1) is 7.91. The molecule has 0 bridgehead atoms. The summed E-state index contributed by atoms with van der Waals surface area (Å²) in [7, 11) is 0. The summed E-state index contributed by atoms with van der Waals surface area (Å²) in [6.07, 6.45) is 0. The molecular weight excluding hydrogens is 258 g/mol. The predicted octanol–water partition coefficient (Wildman–Crippen LogP) is 0.765. The zero-order chi connectivity index (χ0) is 13.0. The summed E-state index contributed by atoms with van der Waals surface area (Å²) in [5.41, 5.74) is 5.85. The molecule has 0 saturated carbocycles. The molecule has 0 aliphatic rings. The summed E-state index contributed by atoms with van der Waals surface area (Å²) < 4.78 is 26.2. The lowest BCUT2D eigenvalue weighted by atomic mass is 10.2. The number of carbonyl (C=O) groups excluding carboxylic acids is 2. The lowest BCUT2D eigenvalue weighted by Gasteiger charge is -2.05. The van der Waals surface area contributed by atoms with Gasteiger partial charge < -0.3 is 5.73 Å². The zero-order valence-corrected chi connectivity index (χ0v) is 9.05. The van der Waals surface area contributed by atoms with Crippen LogP contribution in [0.3, 0.4) is 0 Å². The second-order valence-electron chi connectivity index (χ2n) is 2.93. The number of hydrogen-bond donors (Lipinski definition) is 2. The molecule has 0 atom stereocenters. The van der Waals surface area contributed by atoms with Gasteiger partial charge in [0.25, 0.3) is 5.91 Å². The standard InChI is InChI=1S/C9H7ClF2N2O3/c10-5-2-6(11)4(1-7(5)12)9(16)14-17-3-8(13)15/h1-2H,3H2,(H2,13,15)(H,14,16). The third-order valence-corrected chi connectivity index (χ3v) is 1.92. The number of hydroxylamine groups is 1. The van der Waals surface area contributed by atoms with Crippen LogP contribution in [0.2, 0.25) is 5.02 Å². The van der Waals surface area contributed by atoms with Gasteiger partial charge in [-0.3, -0.25) is 14.4 Å². The van der Waals surface area contributed by atoms with Gasteiger partial charge in [-0.1, -0.05) is 11.6 Å². The normalized spacial score (nSPS) is 10.1. The molecule has 0 radical (unpaired) electrons. The highest BCUT2D eigenvalue weighted by atomic mass is 35.5. The topological polar surface area (TPSA) is 81.4 Å². The Morgan fingerprint density at radius 3 is 2.59 bits per heavy atom. The third kappa shape index (κ3) is 3.65. The lowest BCUT2D eigenvalue weighted by molar-refractivity contribution is -0.124. The van der Waals surface area contributed by atoms with E-state index in [0.717, 1.165) is 0 Å². The average Bonchev–Trinajstić information content (AvgIpc) is 2.22. The third-order valence-electron chi connectivity index (χ3n) is 1.63. The quantitative estimate of drug-likeness (QED) is 0.622. The van der Waals surface area contributed by atoms with E-state index in [9.17, 15) is 18.4 Å². The Morgan fingerprint density at radius 2 is 2.00 bits per heavy atom. The Hall–Kier alpha value is -1.73. The van der Waals surface area contributed by atoms with Crippen molar-refractivity contribution in [2.45, 2.75) is 0 Å². The summed E-state index contributed by atoms with van der Waals surface area (Å²) in [5, 5.41) is -0.447. The fraction of sp³-hybridized carbons (Fsp3) is 0.111. The summed E-state index contributed by atoms with van der Waals surface area (Å²) in [5.74, 6) is -3.85. The van der Waals surface area contributed by atoms with E-state index in [2.05, 4.69) is 4.84 Å². The highest BCUT2D eigenvalue weighted by Gasteiger charge is 2.15. The van der Waals surface area contributed by atoms with Crippen LogP contribution in [0.25, 0.3) is 0 Å². The second kappa shape index (κ2) is 5.55. The Labute approximate surface area is 99.4 Å². The van der Waals surface area contributed by atoms with Gasteiger partial charge in [-0.25, -0.2) is 14.3 Å². The van der Waals surface area contributed by atoms with Crippen molar-refractivity contribution in [1.82, 2.24) is 5.48 Å². The number of rotatable bonds is 4. The molecule has 1 aromatic rings. The Balaban J connectivity index is 2.75. The monoisotopic (exact) mass is 264 g/mol. The number of nitrogens with two attached hydrogens (primary N) is 1. The zero-order valence-electron chi connectivity index (χ0n) is 8.30. The fourth-order valence-corrected chi connectivity index (χ4v) is 1.07. The number of amides is 2. The van der Waals surface area contributed by atoms with Gasteiger partial charge in [0.1, 0.15) is 11.6 Å². The van der Waals surface area contributed by atoms with Crippen molar-refractivity contribution in [3.05, 3.63) is 34.4 Å². The van der Waals surface area contributed by atoms with Gasteiger partial charge in [-0.2, -0.15) is 0 Å². The van der Waals surface area contributed by atoms with Crippen LogP contribution >= 0.6 is 11.6 Å². The largest absolute Gasteiger partial charge is 0.368 e. The molecule has 5 nitrogen and oxygen atoms in total. The first-order valence-electron chi connectivity index (χ1n) is 4.26. The van der Waals surface area contributed by atoms with Gasteiger partial charge in [0, 0.05) is 0 Å². The predicted molar refractivity (Wildman–Crippen MR) is 54.0 cm³/mol. The van der Waals surface area contributed by atoms with Crippen molar-refractivity contribution in [3.8, 4) is 0 Å². The fourth-order valence-electron chi connectivity index (χ4n) is 0.924. The minimum absolute atomic E-state index is 0.447. The SMILES string of the molecule is NC(=O)CONC(=O)c1cc(F)c(Cl)cc1F. The molecule has 3 N–H and O–H groups in total. The minimum Gasteiger partial charge on any atom is -0.368 e. The summed E-state index contributed by atoms with van der Waals surface area (Å²) in [4.78, 5) is 25.9. The minimum atomic E-state index is -1.06. The van der Waals surface area contributed by atoms with E-state index in [4.69, 9.17) is 17.3 Å². The van der Waals surface area contributed by atoms with Crippen LogP contribution in [0.1, 0.15) is 10.4 Å². The van der Waals surface area contributed by atoms with Crippen LogP contribution in [0, 0.1) is 11.6 Å². The molecule has 8 heteroatoms. The highest BCUT2D eigenvalue weighted by molar-refractivity contribution is 6.30. The Kier molecular flexibility index (Phi) is 4.36. The number of hydrogen-bond acceptors (Lipinski definition) is 3. The molecule has 0 heterocycles. The van der Waals surface area contributed by atoms with Crippen LogP contribution in [0.15, 0.2) is 12.1 Å². The number of halogens is 3. The second-order valence-corrected chi connectivity index (χ2v) is 3.34. The molecule has 2 amide bonds. The number of carbonyl (C=O) groups is 2. The molecule has 17 heavy (non-hydrogen) atoms. The van der Waals surface area contributed by atoms with Crippen molar-refractivity contribution in [3.63, 3.8) is 0 Å². The van der Waals surface area contributed by atoms with Gasteiger partial charge in [0.05, 0.1) is 10.6 Å². The maximum absolute atomic E-state index is 13.2. The number of nitrogens with one attached hydrogen (secondary N) is 1. The van der Waals surface area contributed by atoms with E-state index in [-0.39, 0.29) is 0 Å². The summed E-state index contributed by atoms with van der Waals surface area (Å²) >= 11 is 5.30. The van der Waals surface area contributed by atoms with Crippen LogP contribution in [-0.4, -0.2) is 18.4 Å². The molecular formula is C9H7ClF2N2O3. The molecule has 1 rings (SSSR count). The van der Waals surface area contributed by atoms with E-state index in [1.807, 2.05) is 0 Å². The van der Waals surface area contributed by atoms with Crippen molar-refractivity contribution >= 4 is 23.4 Å². The van der Waals surface area contributed by atoms with Crippen molar-refractivity contribution in [2.75, 3.05) is 6.61 Å². The molecule has 0 unspecified atom stereocenters. The Morgan fingerprint density at radius 1 is 1.35 bits per heavy atom. The maximum atomic E-state index is 13.2. The molecule has 1 aromatic carbocycles. The molecule has 0 saturated heterocycles. The Bertz CT molecular complexity index is 468. The highest BCUT2D eigenvalue weighted by Crippen LogP contribution is 2.19. The van der Waals surface area contributed by atoms with Gasteiger partial charge in [0.15, 0.2) is 6.61 Å². The van der Waals surface area contributed by atoms with Crippen molar-refractivity contribution < 1.29 is 23.2 Å².